The fourth-order valence-electron chi connectivity index (χ4n) is 9.20. The first-order chi connectivity index (χ1) is 26.5. The fraction of sp³-hybridized carbons (Fsp3) is 0.444. The van der Waals surface area contributed by atoms with Crippen molar-refractivity contribution in [1.82, 2.24) is 5.06 Å². The monoisotopic (exact) mass is 766 g/mol. The van der Waals surface area contributed by atoms with Gasteiger partial charge in [-0.1, -0.05) is 112 Å². The van der Waals surface area contributed by atoms with E-state index in [0.717, 1.165) is 81.0 Å². The number of carbonyl (C=O) groups excluding carboxylic acids is 3. The van der Waals surface area contributed by atoms with Crippen LogP contribution in [-0.4, -0.2) is 42.4 Å². The number of unbranched alkanes of at least 4 members (excludes halogenated alkanes) is 2. The standard InChI is InChI=1S/C45H54N2O7S/c1-34-24-25-36(55(51,52)53)33-38(34)44(28-14-7-15-29-44)35(2)19-9-4-3-5-10-22-40-45(30-16-8-17-31-45)37-20-12-13-21-39(37)46(40)32-18-6-11-23-43(50)54-47-41(48)26-27-42(47)49/h3-5,9-10,12-13,19-22,24-25,33H,2,6-8,11,14-18,23,26-32H2,1H3,(H,51,52,53)/b4-3+,10-5+,19-9+,40-22+. The molecule has 1 spiro atoms. The molecule has 0 unspecified atom stereocenters. The van der Waals surface area contributed by atoms with Crippen LogP contribution in [-0.2, 0) is 40.2 Å². The van der Waals surface area contributed by atoms with Crippen molar-refractivity contribution in [3.63, 3.8) is 0 Å². The zero-order valence-electron chi connectivity index (χ0n) is 32.0. The molecule has 2 heterocycles. The van der Waals surface area contributed by atoms with Crippen molar-refractivity contribution in [2.24, 2.45) is 0 Å². The third-order valence-corrected chi connectivity index (χ3v) is 12.8. The molecule has 4 aliphatic rings. The summed E-state index contributed by atoms with van der Waals surface area (Å²) in [6.45, 7) is 7.28. The highest BCUT2D eigenvalue weighted by molar-refractivity contribution is 7.85. The summed E-state index contributed by atoms with van der Waals surface area (Å²) in [4.78, 5) is 43.4. The van der Waals surface area contributed by atoms with Crippen LogP contribution in [0.5, 0.6) is 0 Å². The van der Waals surface area contributed by atoms with E-state index in [0.29, 0.717) is 11.5 Å². The first-order valence-electron chi connectivity index (χ1n) is 19.9. The van der Waals surface area contributed by atoms with E-state index in [1.165, 1.54) is 42.3 Å². The van der Waals surface area contributed by atoms with Gasteiger partial charge in [0, 0.05) is 48.0 Å². The van der Waals surface area contributed by atoms with Crippen molar-refractivity contribution < 1.29 is 32.2 Å². The Morgan fingerprint density at radius 3 is 2.20 bits per heavy atom. The maximum atomic E-state index is 12.3. The first kappa shape index (κ1) is 40.1. The molecular weight excluding hydrogens is 713 g/mol. The number of imide groups is 1. The zero-order chi connectivity index (χ0) is 39.1. The number of anilines is 1. The number of rotatable bonds is 14. The number of fused-ring (bicyclic) bond motifs is 2. The molecule has 0 bridgehead atoms. The molecule has 1 N–H and O–H groups in total. The lowest BCUT2D eigenvalue weighted by atomic mass is 9.64. The number of para-hydroxylation sites is 1. The van der Waals surface area contributed by atoms with Gasteiger partial charge in [-0.2, -0.15) is 8.42 Å². The summed E-state index contributed by atoms with van der Waals surface area (Å²) in [6, 6.07) is 13.6. The lowest BCUT2D eigenvalue weighted by molar-refractivity contribution is -0.197. The van der Waals surface area contributed by atoms with Crippen LogP contribution in [0.1, 0.15) is 119 Å². The average Bonchev–Trinajstić information content (AvgIpc) is 3.62. The molecule has 2 saturated carbocycles. The maximum absolute atomic E-state index is 12.3. The van der Waals surface area contributed by atoms with E-state index in [4.69, 9.17) is 4.84 Å². The van der Waals surface area contributed by atoms with Gasteiger partial charge in [0.05, 0.1) is 4.90 Å². The van der Waals surface area contributed by atoms with Gasteiger partial charge < -0.3 is 9.74 Å². The van der Waals surface area contributed by atoms with Gasteiger partial charge >= 0.3 is 5.97 Å². The van der Waals surface area contributed by atoms with Crippen LogP contribution in [0.3, 0.4) is 0 Å². The molecule has 1 saturated heterocycles. The van der Waals surface area contributed by atoms with Crippen molar-refractivity contribution in [3.8, 4) is 0 Å². The van der Waals surface area contributed by atoms with Crippen molar-refractivity contribution in [3.05, 3.63) is 120 Å². The summed E-state index contributed by atoms with van der Waals surface area (Å²) in [6.07, 6.45) is 27.8. The molecular formula is C45H54N2O7S. The van der Waals surface area contributed by atoms with Gasteiger partial charge in [0.25, 0.3) is 21.9 Å². The molecule has 55 heavy (non-hydrogen) atoms. The molecule has 2 aliphatic heterocycles. The number of hydrogen-bond donors (Lipinski definition) is 1. The number of hydrogen-bond acceptors (Lipinski definition) is 7. The van der Waals surface area contributed by atoms with Crippen LogP contribution in [0, 0.1) is 6.92 Å². The predicted octanol–water partition coefficient (Wildman–Crippen LogP) is 9.44. The Morgan fingerprint density at radius 1 is 0.836 bits per heavy atom. The van der Waals surface area contributed by atoms with Gasteiger partial charge in [-0.15, -0.1) is 5.06 Å². The van der Waals surface area contributed by atoms with E-state index in [1.807, 2.05) is 31.2 Å². The first-order valence-corrected chi connectivity index (χ1v) is 21.3. The number of hydroxylamine groups is 2. The van der Waals surface area contributed by atoms with Crippen LogP contribution >= 0.6 is 0 Å². The summed E-state index contributed by atoms with van der Waals surface area (Å²) in [7, 11) is -4.32. The predicted molar refractivity (Wildman–Crippen MR) is 215 cm³/mol. The Labute approximate surface area is 326 Å². The van der Waals surface area contributed by atoms with Crippen molar-refractivity contribution >= 4 is 33.6 Å². The molecule has 2 aromatic carbocycles. The summed E-state index contributed by atoms with van der Waals surface area (Å²) in [5.74, 6) is -1.48. The third kappa shape index (κ3) is 8.81. The SMILES string of the molecule is C=C(/C=C/C=C/C=C/C=C1/N(CCCCCC(=O)ON2C(=O)CCC2=O)c2ccccc2C12CCCCC2)C1(c2cc(S(=O)(=O)O)ccc2C)CCCCC1. The minimum absolute atomic E-state index is 0.0295. The summed E-state index contributed by atoms with van der Waals surface area (Å²) >= 11 is 0. The van der Waals surface area contributed by atoms with E-state index in [-0.39, 0.29) is 35.0 Å². The van der Waals surface area contributed by atoms with E-state index in [9.17, 15) is 27.4 Å². The second-order valence-electron chi connectivity index (χ2n) is 15.5. The molecule has 2 amide bonds. The van der Waals surface area contributed by atoms with Gasteiger partial charge in [0.15, 0.2) is 0 Å². The smallest absolute Gasteiger partial charge is 0.333 e. The van der Waals surface area contributed by atoms with Crippen LogP contribution in [0.4, 0.5) is 5.69 Å². The lowest BCUT2D eigenvalue weighted by Gasteiger charge is -2.40. The Bertz CT molecular complexity index is 2000. The number of aryl methyl sites for hydroxylation is 1. The number of allylic oxidation sites excluding steroid dienone is 9. The number of benzene rings is 2. The van der Waals surface area contributed by atoms with E-state index >= 15 is 0 Å². The molecule has 9 nitrogen and oxygen atoms in total. The maximum Gasteiger partial charge on any atom is 0.333 e. The molecule has 6 rings (SSSR count). The van der Waals surface area contributed by atoms with E-state index in [2.05, 4.69) is 54.0 Å². The molecule has 3 fully saturated rings. The Kier molecular flexibility index (Phi) is 12.8. The van der Waals surface area contributed by atoms with Crippen LogP contribution in [0.15, 0.2) is 108 Å². The van der Waals surface area contributed by atoms with Gasteiger partial charge in [0.2, 0.25) is 0 Å². The Balaban J connectivity index is 1.13. The van der Waals surface area contributed by atoms with E-state index < -0.39 is 27.9 Å². The minimum atomic E-state index is -4.32. The lowest BCUT2D eigenvalue weighted by Crippen LogP contribution is -2.33. The number of amides is 2. The Morgan fingerprint density at radius 2 is 1.49 bits per heavy atom. The van der Waals surface area contributed by atoms with Crippen molar-refractivity contribution in [1.29, 1.82) is 0 Å². The highest BCUT2D eigenvalue weighted by Crippen LogP contribution is 2.55. The quantitative estimate of drug-likeness (QED) is 0.0874. The molecule has 2 aromatic rings. The summed E-state index contributed by atoms with van der Waals surface area (Å²) in [5, 5.41) is 0.617. The molecule has 0 aromatic heterocycles. The number of carbonyl (C=O) groups is 3. The fourth-order valence-corrected chi connectivity index (χ4v) is 9.71. The normalized spacial score (nSPS) is 20.4. The highest BCUT2D eigenvalue weighted by Gasteiger charge is 2.47. The van der Waals surface area contributed by atoms with Crippen molar-refractivity contribution in [2.45, 2.75) is 125 Å². The summed E-state index contributed by atoms with van der Waals surface area (Å²) in [5.41, 5.74) is 6.38. The second-order valence-corrected chi connectivity index (χ2v) is 16.9. The topological polar surface area (TPSA) is 121 Å². The third-order valence-electron chi connectivity index (χ3n) is 12.0. The largest absolute Gasteiger partial charge is 0.344 e. The van der Waals surface area contributed by atoms with Gasteiger partial charge in [0.1, 0.15) is 0 Å². The zero-order valence-corrected chi connectivity index (χ0v) is 32.8. The number of nitrogens with zero attached hydrogens (tertiary/aromatic N) is 2. The van der Waals surface area contributed by atoms with Crippen LogP contribution < -0.4 is 4.90 Å². The Hall–Kier alpha value is -4.54. The highest BCUT2D eigenvalue weighted by atomic mass is 32.2. The van der Waals surface area contributed by atoms with E-state index in [1.54, 1.807) is 12.1 Å². The van der Waals surface area contributed by atoms with Gasteiger partial charge in [-0.3, -0.25) is 14.1 Å². The average molecular weight is 767 g/mol. The van der Waals surface area contributed by atoms with Gasteiger partial charge in [-0.25, -0.2) is 4.79 Å². The molecule has 292 valence electrons. The minimum Gasteiger partial charge on any atom is -0.344 e. The molecule has 10 heteroatoms. The molecule has 0 radical (unpaired) electrons. The molecule has 2 aliphatic carbocycles. The van der Waals surface area contributed by atoms with Crippen LogP contribution in [0.2, 0.25) is 0 Å². The van der Waals surface area contributed by atoms with Crippen LogP contribution in [0.25, 0.3) is 0 Å². The molecule has 0 atom stereocenters. The second kappa shape index (κ2) is 17.5. The van der Waals surface area contributed by atoms with Gasteiger partial charge in [-0.05, 0) is 92.0 Å². The van der Waals surface area contributed by atoms with Crippen molar-refractivity contribution in [2.75, 3.05) is 11.4 Å². The summed E-state index contributed by atoms with van der Waals surface area (Å²) < 4.78 is 33.8.